The highest BCUT2D eigenvalue weighted by Gasteiger charge is 2.06. The van der Waals surface area contributed by atoms with Gasteiger partial charge in [0.15, 0.2) is 4.67 Å². The lowest BCUT2D eigenvalue weighted by molar-refractivity contribution is 0.587. The molecule has 2 aromatic rings. The van der Waals surface area contributed by atoms with Gasteiger partial charge < -0.3 is 10.2 Å². The van der Waals surface area contributed by atoms with Crippen molar-refractivity contribution in [3.8, 4) is 0 Å². The average molecular weight is 254 g/mol. The molecule has 0 saturated carbocycles. The molecule has 0 aliphatic heterocycles. The van der Waals surface area contributed by atoms with Gasteiger partial charge in [0, 0.05) is 5.39 Å². The Bertz CT molecular complexity index is 449. The van der Waals surface area contributed by atoms with Crippen molar-refractivity contribution in [3.05, 3.63) is 34.5 Å². The maximum atomic E-state index is 5.62. The van der Waals surface area contributed by atoms with Gasteiger partial charge in [0.2, 0.25) is 0 Å². The number of nitrogens with two attached hydrogens (primary N) is 1. The summed E-state index contributed by atoms with van der Waals surface area (Å²) >= 11 is 3.31. The third-order valence-corrected chi connectivity index (χ3v) is 2.82. The van der Waals surface area contributed by atoms with Crippen molar-refractivity contribution in [1.29, 1.82) is 0 Å². The van der Waals surface area contributed by atoms with Gasteiger partial charge in [0.05, 0.1) is 0 Å². The minimum Gasteiger partial charge on any atom is -0.449 e. The highest BCUT2D eigenvalue weighted by Crippen LogP contribution is 2.26. The molecule has 0 saturated heterocycles. The molecule has 1 aromatic carbocycles. The van der Waals surface area contributed by atoms with Gasteiger partial charge in [0.1, 0.15) is 5.58 Å². The van der Waals surface area contributed by atoms with Crippen LogP contribution in [-0.4, -0.2) is 6.54 Å². The monoisotopic (exact) mass is 253 g/mol. The molecular weight excluding hydrogens is 242 g/mol. The molecule has 1 atom stereocenters. The normalized spacial score (nSPS) is 13.4. The number of rotatable bonds is 2. The van der Waals surface area contributed by atoms with Crippen molar-refractivity contribution >= 4 is 26.9 Å². The maximum absolute atomic E-state index is 5.62. The lowest BCUT2D eigenvalue weighted by Crippen LogP contribution is -2.08. The third kappa shape index (κ3) is 1.70. The van der Waals surface area contributed by atoms with Crippen LogP contribution < -0.4 is 5.73 Å². The Hall–Kier alpha value is -0.800. The molecule has 0 aliphatic rings. The number of hydrogen-bond acceptors (Lipinski definition) is 2. The smallest absolute Gasteiger partial charge is 0.170 e. The van der Waals surface area contributed by atoms with Gasteiger partial charge in [-0.3, -0.25) is 0 Å². The van der Waals surface area contributed by atoms with Crippen LogP contribution in [0.1, 0.15) is 18.4 Å². The molecule has 2 nitrogen and oxygen atoms in total. The molecule has 2 rings (SSSR count). The Morgan fingerprint density at radius 1 is 1.43 bits per heavy atom. The van der Waals surface area contributed by atoms with E-state index in [0.29, 0.717) is 12.5 Å². The Morgan fingerprint density at radius 2 is 2.21 bits per heavy atom. The topological polar surface area (TPSA) is 39.2 Å². The van der Waals surface area contributed by atoms with Crippen LogP contribution in [0.2, 0.25) is 0 Å². The molecule has 0 fully saturated rings. The summed E-state index contributed by atoms with van der Waals surface area (Å²) in [5.74, 6) is 0.396. The fourth-order valence-electron chi connectivity index (χ4n) is 1.47. The average Bonchev–Trinajstić information content (AvgIpc) is 2.55. The summed E-state index contributed by atoms with van der Waals surface area (Å²) < 4.78 is 6.19. The third-order valence-electron chi connectivity index (χ3n) is 2.43. The van der Waals surface area contributed by atoms with Crippen LogP contribution in [0.5, 0.6) is 0 Å². The fourth-order valence-corrected chi connectivity index (χ4v) is 1.89. The lowest BCUT2D eigenvalue weighted by atomic mass is 10.0. The van der Waals surface area contributed by atoms with E-state index in [1.54, 1.807) is 0 Å². The summed E-state index contributed by atoms with van der Waals surface area (Å²) in [7, 11) is 0. The number of fused-ring (bicyclic) bond motifs is 1. The molecule has 74 valence electrons. The zero-order chi connectivity index (χ0) is 10.1. The van der Waals surface area contributed by atoms with Gasteiger partial charge in [-0.2, -0.15) is 0 Å². The predicted molar refractivity (Wildman–Crippen MR) is 61.4 cm³/mol. The lowest BCUT2D eigenvalue weighted by Gasteiger charge is -2.07. The van der Waals surface area contributed by atoms with Crippen LogP contribution >= 0.6 is 15.9 Å². The molecule has 0 aliphatic carbocycles. The summed E-state index contributed by atoms with van der Waals surface area (Å²) in [6.45, 7) is 2.79. The van der Waals surface area contributed by atoms with E-state index in [0.717, 1.165) is 15.6 Å². The number of halogens is 1. The number of hydrogen-bond donors (Lipinski definition) is 1. The van der Waals surface area contributed by atoms with E-state index in [1.165, 1.54) is 5.56 Å². The Labute approximate surface area is 91.2 Å². The molecule has 1 unspecified atom stereocenters. The van der Waals surface area contributed by atoms with E-state index in [1.807, 2.05) is 12.1 Å². The van der Waals surface area contributed by atoms with Crippen LogP contribution in [0.15, 0.2) is 33.4 Å². The largest absolute Gasteiger partial charge is 0.449 e. The quantitative estimate of drug-likeness (QED) is 0.893. The predicted octanol–water partition coefficient (Wildman–Crippen LogP) is 3.26. The molecule has 14 heavy (non-hydrogen) atoms. The minimum absolute atomic E-state index is 0.396. The summed E-state index contributed by atoms with van der Waals surface area (Å²) in [4.78, 5) is 0. The van der Waals surface area contributed by atoms with Gasteiger partial charge >= 0.3 is 0 Å². The van der Waals surface area contributed by atoms with Gasteiger partial charge in [0.25, 0.3) is 0 Å². The summed E-state index contributed by atoms with van der Waals surface area (Å²) in [5, 5.41) is 1.12. The van der Waals surface area contributed by atoms with Crippen molar-refractivity contribution < 1.29 is 4.42 Å². The van der Waals surface area contributed by atoms with Crippen molar-refractivity contribution in [2.45, 2.75) is 12.8 Å². The molecular formula is C11H12BrNO. The highest BCUT2D eigenvalue weighted by molar-refractivity contribution is 9.10. The molecule has 3 heteroatoms. The van der Waals surface area contributed by atoms with Gasteiger partial charge in [-0.15, -0.1) is 0 Å². The fraction of sp³-hybridized carbons (Fsp3) is 0.273. The first-order chi connectivity index (χ1) is 6.70. The van der Waals surface area contributed by atoms with Crippen LogP contribution in [0.3, 0.4) is 0 Å². The Morgan fingerprint density at radius 3 is 2.93 bits per heavy atom. The maximum Gasteiger partial charge on any atom is 0.170 e. The molecule has 2 N–H and O–H groups in total. The van der Waals surface area contributed by atoms with Crippen molar-refractivity contribution in [3.63, 3.8) is 0 Å². The Balaban J connectivity index is 2.50. The van der Waals surface area contributed by atoms with E-state index < -0.39 is 0 Å². The second kappa shape index (κ2) is 3.75. The van der Waals surface area contributed by atoms with Gasteiger partial charge in [-0.1, -0.05) is 13.0 Å². The van der Waals surface area contributed by atoms with E-state index in [-0.39, 0.29) is 0 Å². The van der Waals surface area contributed by atoms with Crippen molar-refractivity contribution in [2.75, 3.05) is 6.54 Å². The summed E-state index contributed by atoms with van der Waals surface area (Å²) in [6.07, 6.45) is 0. The Kier molecular flexibility index (Phi) is 2.61. The molecule has 0 spiro atoms. The molecule has 0 amide bonds. The van der Waals surface area contributed by atoms with Crippen LogP contribution in [0, 0.1) is 0 Å². The number of benzene rings is 1. The SMILES string of the molecule is CC(CN)c1ccc2oc(Br)cc2c1. The van der Waals surface area contributed by atoms with Gasteiger partial charge in [-0.25, -0.2) is 0 Å². The molecule has 1 heterocycles. The first-order valence-electron chi connectivity index (χ1n) is 4.60. The first kappa shape index (κ1) is 9.74. The number of furan rings is 1. The molecule has 1 aromatic heterocycles. The highest BCUT2D eigenvalue weighted by atomic mass is 79.9. The van der Waals surface area contributed by atoms with E-state index in [4.69, 9.17) is 10.2 Å². The van der Waals surface area contributed by atoms with Crippen molar-refractivity contribution in [2.24, 2.45) is 5.73 Å². The molecule has 0 bridgehead atoms. The van der Waals surface area contributed by atoms with E-state index in [9.17, 15) is 0 Å². The standard InChI is InChI=1S/C11H12BrNO/c1-7(6-13)8-2-3-10-9(4-8)5-11(12)14-10/h2-5,7H,6,13H2,1H3. The first-order valence-corrected chi connectivity index (χ1v) is 5.39. The van der Waals surface area contributed by atoms with Crippen molar-refractivity contribution in [1.82, 2.24) is 0 Å². The molecule has 0 radical (unpaired) electrons. The second-order valence-electron chi connectivity index (χ2n) is 3.48. The zero-order valence-corrected chi connectivity index (χ0v) is 9.54. The minimum atomic E-state index is 0.396. The van der Waals surface area contributed by atoms with Crippen LogP contribution in [0.25, 0.3) is 11.0 Å². The van der Waals surface area contributed by atoms with Crippen LogP contribution in [-0.2, 0) is 0 Å². The van der Waals surface area contributed by atoms with E-state index >= 15 is 0 Å². The summed E-state index contributed by atoms with van der Waals surface area (Å²) in [6, 6.07) is 8.15. The zero-order valence-electron chi connectivity index (χ0n) is 7.96. The summed E-state index contributed by atoms with van der Waals surface area (Å²) in [5.41, 5.74) is 7.79. The van der Waals surface area contributed by atoms with Crippen LogP contribution in [0.4, 0.5) is 0 Å². The van der Waals surface area contributed by atoms with E-state index in [2.05, 4.69) is 35.0 Å². The van der Waals surface area contributed by atoms with Gasteiger partial charge in [-0.05, 0) is 52.2 Å². The second-order valence-corrected chi connectivity index (χ2v) is 4.27.